The van der Waals surface area contributed by atoms with Crippen molar-refractivity contribution in [2.75, 3.05) is 7.05 Å². The van der Waals surface area contributed by atoms with E-state index in [1.807, 2.05) is 37.3 Å². The summed E-state index contributed by atoms with van der Waals surface area (Å²) in [6.45, 7) is 2.62. The van der Waals surface area contributed by atoms with Crippen LogP contribution < -0.4 is 5.32 Å². The molecule has 0 unspecified atom stereocenters. The molecule has 1 fully saturated rings. The first-order chi connectivity index (χ1) is 12.6. The molecule has 0 radical (unpaired) electrons. The van der Waals surface area contributed by atoms with Crippen molar-refractivity contribution in [3.8, 4) is 11.4 Å². The standard InChI is InChI=1S/C20H24N4O2/c1-3-17(25)24-14-9-10-15(24)12-23-16(11-14)18(20(26)21-2)22-19(23)13-7-5-4-6-8-13/h4-8,14-15H,3,9-12H2,1-2H3,(H,21,26)/t14-,15+/m0/s1. The summed E-state index contributed by atoms with van der Waals surface area (Å²) in [6.07, 6.45) is 3.21. The largest absolute Gasteiger partial charge is 0.354 e. The molecule has 1 N–H and O–H groups in total. The summed E-state index contributed by atoms with van der Waals surface area (Å²) < 4.78 is 2.17. The highest BCUT2D eigenvalue weighted by Gasteiger charge is 2.41. The molecule has 136 valence electrons. The summed E-state index contributed by atoms with van der Waals surface area (Å²) in [5.41, 5.74) is 2.43. The molecule has 2 bridgehead atoms. The van der Waals surface area contributed by atoms with Crippen LogP contribution in [-0.2, 0) is 17.8 Å². The first kappa shape index (κ1) is 16.8. The topological polar surface area (TPSA) is 67.2 Å². The van der Waals surface area contributed by atoms with E-state index in [4.69, 9.17) is 4.98 Å². The molecule has 0 aliphatic carbocycles. The summed E-state index contributed by atoms with van der Waals surface area (Å²) in [5.74, 6) is 0.858. The number of nitrogens with zero attached hydrogens (tertiary/aromatic N) is 3. The lowest BCUT2D eigenvalue weighted by Gasteiger charge is -2.27. The Bertz CT molecular complexity index is 843. The maximum absolute atomic E-state index is 12.5. The number of imidazole rings is 1. The Kier molecular flexibility index (Phi) is 4.26. The second kappa shape index (κ2) is 6.59. The zero-order chi connectivity index (χ0) is 18.3. The lowest BCUT2D eigenvalue weighted by molar-refractivity contribution is -0.133. The first-order valence-electron chi connectivity index (χ1n) is 9.32. The third kappa shape index (κ3) is 2.60. The summed E-state index contributed by atoms with van der Waals surface area (Å²) in [4.78, 5) is 31.7. The van der Waals surface area contributed by atoms with Crippen LogP contribution in [0, 0.1) is 0 Å². The lowest BCUT2D eigenvalue weighted by atomic mass is 10.1. The number of carbonyl (C=O) groups is 2. The van der Waals surface area contributed by atoms with E-state index in [9.17, 15) is 9.59 Å². The smallest absolute Gasteiger partial charge is 0.271 e. The summed E-state index contributed by atoms with van der Waals surface area (Å²) >= 11 is 0. The Morgan fingerprint density at radius 1 is 1.19 bits per heavy atom. The highest BCUT2D eigenvalue weighted by atomic mass is 16.2. The minimum Gasteiger partial charge on any atom is -0.354 e. The third-order valence-corrected chi connectivity index (χ3v) is 5.58. The monoisotopic (exact) mass is 352 g/mol. The van der Waals surface area contributed by atoms with Crippen LogP contribution in [0.2, 0.25) is 0 Å². The molecule has 6 heteroatoms. The average molecular weight is 352 g/mol. The molecule has 1 aromatic heterocycles. The Morgan fingerprint density at radius 3 is 2.62 bits per heavy atom. The first-order valence-corrected chi connectivity index (χ1v) is 9.32. The van der Waals surface area contributed by atoms with Crippen molar-refractivity contribution in [3.05, 3.63) is 41.7 Å². The van der Waals surface area contributed by atoms with E-state index in [1.54, 1.807) is 7.05 Å². The van der Waals surface area contributed by atoms with Crippen molar-refractivity contribution in [3.63, 3.8) is 0 Å². The van der Waals surface area contributed by atoms with E-state index in [0.29, 0.717) is 25.1 Å². The van der Waals surface area contributed by atoms with E-state index in [0.717, 1.165) is 29.9 Å². The van der Waals surface area contributed by atoms with Crippen molar-refractivity contribution in [2.24, 2.45) is 0 Å². The number of fused-ring (bicyclic) bond motifs is 3. The number of hydrogen-bond acceptors (Lipinski definition) is 3. The Balaban J connectivity index is 1.84. The van der Waals surface area contributed by atoms with Crippen molar-refractivity contribution < 1.29 is 9.59 Å². The zero-order valence-corrected chi connectivity index (χ0v) is 15.2. The van der Waals surface area contributed by atoms with Gasteiger partial charge in [-0.1, -0.05) is 37.3 Å². The fraction of sp³-hybridized carbons (Fsp3) is 0.450. The minimum atomic E-state index is -0.165. The normalized spacial score (nSPS) is 21.2. The summed E-state index contributed by atoms with van der Waals surface area (Å²) in [6, 6.07) is 10.3. The molecule has 6 nitrogen and oxygen atoms in total. The number of carbonyl (C=O) groups excluding carboxylic acids is 2. The highest BCUT2D eigenvalue weighted by Crippen LogP contribution is 2.35. The van der Waals surface area contributed by atoms with E-state index >= 15 is 0 Å². The predicted octanol–water partition coefficient (Wildman–Crippen LogP) is 2.24. The van der Waals surface area contributed by atoms with Gasteiger partial charge in [0.2, 0.25) is 5.91 Å². The number of nitrogens with one attached hydrogen (secondary N) is 1. The van der Waals surface area contributed by atoms with E-state index in [-0.39, 0.29) is 23.9 Å². The molecule has 4 rings (SSSR count). The molecule has 1 aromatic carbocycles. The second-order valence-corrected chi connectivity index (χ2v) is 7.03. The molecule has 26 heavy (non-hydrogen) atoms. The van der Waals surface area contributed by atoms with Crippen LogP contribution in [0.1, 0.15) is 42.4 Å². The number of amides is 2. The summed E-state index contributed by atoms with van der Waals surface area (Å²) in [7, 11) is 1.63. The third-order valence-electron chi connectivity index (χ3n) is 5.58. The molecular formula is C20H24N4O2. The van der Waals surface area contributed by atoms with Gasteiger partial charge in [0.25, 0.3) is 5.91 Å². The van der Waals surface area contributed by atoms with Crippen LogP contribution in [0.5, 0.6) is 0 Å². The lowest BCUT2D eigenvalue weighted by Crippen LogP contribution is -2.41. The van der Waals surface area contributed by atoms with Crippen LogP contribution in [0.25, 0.3) is 11.4 Å². The Morgan fingerprint density at radius 2 is 1.92 bits per heavy atom. The predicted molar refractivity (Wildman–Crippen MR) is 98.7 cm³/mol. The molecule has 2 aliphatic heterocycles. The van der Waals surface area contributed by atoms with E-state index < -0.39 is 0 Å². The van der Waals surface area contributed by atoms with Gasteiger partial charge in [0.1, 0.15) is 11.5 Å². The molecule has 1 saturated heterocycles. The molecule has 2 atom stereocenters. The number of aromatic nitrogens is 2. The molecule has 2 aromatic rings. The Labute approximate surface area is 153 Å². The maximum atomic E-state index is 12.5. The van der Waals surface area contributed by atoms with Gasteiger partial charge in [-0.05, 0) is 12.8 Å². The molecule has 2 aliphatic rings. The second-order valence-electron chi connectivity index (χ2n) is 7.03. The number of hydrogen-bond donors (Lipinski definition) is 1. The maximum Gasteiger partial charge on any atom is 0.271 e. The Hall–Kier alpha value is -2.63. The average Bonchev–Trinajstić information content (AvgIpc) is 3.17. The van der Waals surface area contributed by atoms with Crippen LogP contribution >= 0.6 is 0 Å². The van der Waals surface area contributed by atoms with Crippen LogP contribution in [0.3, 0.4) is 0 Å². The highest BCUT2D eigenvalue weighted by molar-refractivity contribution is 5.94. The van der Waals surface area contributed by atoms with Crippen molar-refractivity contribution >= 4 is 11.8 Å². The van der Waals surface area contributed by atoms with Gasteiger partial charge >= 0.3 is 0 Å². The zero-order valence-electron chi connectivity index (χ0n) is 15.2. The van der Waals surface area contributed by atoms with Gasteiger partial charge in [-0.25, -0.2) is 4.98 Å². The number of benzene rings is 1. The van der Waals surface area contributed by atoms with Gasteiger partial charge in [-0.2, -0.15) is 0 Å². The van der Waals surface area contributed by atoms with Crippen molar-refractivity contribution in [1.29, 1.82) is 0 Å². The van der Waals surface area contributed by atoms with Crippen LogP contribution in [-0.4, -0.2) is 45.4 Å². The fourth-order valence-electron chi connectivity index (χ4n) is 4.36. The minimum absolute atomic E-state index is 0.164. The quantitative estimate of drug-likeness (QED) is 0.921. The number of rotatable bonds is 3. The van der Waals surface area contributed by atoms with Crippen LogP contribution in [0.4, 0.5) is 0 Å². The molecular weight excluding hydrogens is 328 g/mol. The van der Waals surface area contributed by atoms with Crippen molar-refractivity contribution in [1.82, 2.24) is 19.8 Å². The fourth-order valence-corrected chi connectivity index (χ4v) is 4.36. The van der Waals surface area contributed by atoms with Gasteiger partial charge in [0, 0.05) is 38.0 Å². The van der Waals surface area contributed by atoms with Gasteiger partial charge in [-0.3, -0.25) is 9.59 Å². The van der Waals surface area contributed by atoms with Crippen molar-refractivity contribution in [2.45, 2.75) is 51.2 Å². The molecule has 0 saturated carbocycles. The van der Waals surface area contributed by atoms with Gasteiger partial charge in [-0.15, -0.1) is 0 Å². The summed E-state index contributed by atoms with van der Waals surface area (Å²) in [5, 5.41) is 2.71. The SMILES string of the molecule is CCC(=O)N1[C@@H]2CC[C@H]1Cc1c(C(=O)NC)nc(-c3ccccc3)n1C2. The van der Waals surface area contributed by atoms with E-state index in [1.165, 1.54) is 0 Å². The van der Waals surface area contributed by atoms with Gasteiger partial charge in [0.05, 0.1) is 11.7 Å². The molecule has 0 spiro atoms. The molecule has 2 amide bonds. The van der Waals surface area contributed by atoms with Gasteiger partial charge < -0.3 is 14.8 Å². The van der Waals surface area contributed by atoms with Crippen LogP contribution in [0.15, 0.2) is 30.3 Å². The van der Waals surface area contributed by atoms with Gasteiger partial charge in [0.15, 0.2) is 0 Å². The molecule has 3 heterocycles. The van der Waals surface area contributed by atoms with E-state index in [2.05, 4.69) is 14.8 Å².